The maximum Gasteiger partial charge on any atom is 0.267 e. The minimum atomic E-state index is -0.522. The molecular weight excluding hydrogens is 398 g/mol. The quantitative estimate of drug-likeness (QED) is 0.467. The van der Waals surface area contributed by atoms with Crippen molar-refractivity contribution in [1.29, 1.82) is 5.26 Å². The normalized spacial score (nSPS) is 14.3. The zero-order valence-corrected chi connectivity index (χ0v) is 18.1. The first kappa shape index (κ1) is 21.7. The van der Waals surface area contributed by atoms with Crippen LogP contribution in [0.5, 0.6) is 5.75 Å². The molecule has 0 heterocycles. The number of methoxy groups -OCH3 is 1. The summed E-state index contributed by atoms with van der Waals surface area (Å²) in [5, 5.41) is 15.9. The van der Waals surface area contributed by atoms with Gasteiger partial charge in [-0.2, -0.15) is 5.26 Å². The molecule has 2 N–H and O–H groups in total. The molecule has 1 atom stereocenters. The fraction of sp³-hybridized carbons (Fsp3) is 0.333. The predicted octanol–water partition coefficient (Wildman–Crippen LogP) is 5.31. The number of carbonyl (C=O) groups is 1. The first-order chi connectivity index (χ1) is 14.5. The number of nitriles is 1. The average molecular weight is 424 g/mol. The summed E-state index contributed by atoms with van der Waals surface area (Å²) in [5.74, 6) is -0.0515. The van der Waals surface area contributed by atoms with Gasteiger partial charge < -0.3 is 15.4 Å². The lowest BCUT2D eigenvalue weighted by Gasteiger charge is -2.21. The molecule has 0 fully saturated rings. The van der Waals surface area contributed by atoms with Crippen molar-refractivity contribution >= 4 is 23.2 Å². The number of nitrogens with one attached hydrogen (secondary N) is 2. The van der Waals surface area contributed by atoms with Gasteiger partial charge in [-0.15, -0.1) is 0 Å². The summed E-state index contributed by atoms with van der Waals surface area (Å²) < 4.78 is 5.24. The van der Waals surface area contributed by atoms with E-state index in [0.717, 1.165) is 19.3 Å². The smallest absolute Gasteiger partial charge is 0.267 e. The molecule has 2 aromatic rings. The number of hydrogen-bond acceptors (Lipinski definition) is 4. The van der Waals surface area contributed by atoms with Crippen molar-refractivity contribution in [1.82, 2.24) is 5.32 Å². The van der Waals surface area contributed by atoms with Crippen LogP contribution in [0.2, 0.25) is 5.02 Å². The van der Waals surface area contributed by atoms with Crippen molar-refractivity contribution in [2.45, 2.75) is 45.1 Å². The zero-order chi connectivity index (χ0) is 21.5. The third-order valence-corrected chi connectivity index (χ3v) is 5.62. The lowest BCUT2D eigenvalue weighted by molar-refractivity contribution is -0.112. The molecule has 1 aliphatic rings. The minimum Gasteiger partial charge on any atom is -0.495 e. The van der Waals surface area contributed by atoms with Crippen LogP contribution in [-0.4, -0.2) is 13.0 Å². The second-order valence-corrected chi connectivity index (χ2v) is 7.77. The number of halogens is 1. The van der Waals surface area contributed by atoms with Crippen molar-refractivity contribution in [3.8, 4) is 11.8 Å². The number of ether oxygens (including phenoxy) is 1. The zero-order valence-electron chi connectivity index (χ0n) is 17.3. The van der Waals surface area contributed by atoms with E-state index in [2.05, 4.69) is 35.8 Å². The van der Waals surface area contributed by atoms with E-state index >= 15 is 0 Å². The molecule has 156 valence electrons. The molecule has 0 aromatic heterocycles. The molecule has 5 nitrogen and oxygen atoms in total. The van der Waals surface area contributed by atoms with E-state index in [1.54, 1.807) is 18.2 Å². The van der Waals surface area contributed by atoms with Crippen molar-refractivity contribution in [2.24, 2.45) is 0 Å². The highest BCUT2D eigenvalue weighted by atomic mass is 35.5. The number of rotatable bonds is 7. The SMILES string of the molecule is CCC(N/C=C(/C#N)C(=O)Nc1cc(Cl)ccc1OC)c1ccc2c(c1)CCCC2. The number of amides is 1. The third-order valence-electron chi connectivity index (χ3n) is 5.39. The molecular formula is C24H26ClN3O2. The number of benzene rings is 2. The number of anilines is 1. The van der Waals surface area contributed by atoms with Gasteiger partial charge in [-0.25, -0.2) is 0 Å². The van der Waals surface area contributed by atoms with Crippen LogP contribution in [0.25, 0.3) is 0 Å². The molecule has 0 saturated carbocycles. The van der Waals surface area contributed by atoms with Crippen LogP contribution < -0.4 is 15.4 Å². The Morgan fingerprint density at radius 3 is 2.70 bits per heavy atom. The highest BCUT2D eigenvalue weighted by Crippen LogP contribution is 2.28. The standard InChI is InChI=1S/C24H26ClN3O2/c1-3-21(18-9-8-16-6-4-5-7-17(16)12-18)27-15-19(14-26)24(29)28-22-13-20(25)10-11-23(22)30-2/h8-13,15,21,27H,3-7H2,1-2H3,(H,28,29)/b19-15-. The van der Waals surface area contributed by atoms with E-state index in [1.165, 1.54) is 42.8 Å². The van der Waals surface area contributed by atoms with Crippen LogP contribution in [0, 0.1) is 11.3 Å². The second-order valence-electron chi connectivity index (χ2n) is 7.33. The highest BCUT2D eigenvalue weighted by molar-refractivity contribution is 6.31. The first-order valence-electron chi connectivity index (χ1n) is 10.2. The summed E-state index contributed by atoms with van der Waals surface area (Å²) in [7, 11) is 1.51. The van der Waals surface area contributed by atoms with Gasteiger partial charge in [0.1, 0.15) is 17.4 Å². The third kappa shape index (κ3) is 5.14. The van der Waals surface area contributed by atoms with Gasteiger partial charge in [0.05, 0.1) is 18.8 Å². The lowest BCUT2D eigenvalue weighted by Crippen LogP contribution is -2.20. The van der Waals surface area contributed by atoms with Gasteiger partial charge in [0, 0.05) is 11.2 Å². The molecule has 1 aliphatic carbocycles. The fourth-order valence-electron chi connectivity index (χ4n) is 3.72. The van der Waals surface area contributed by atoms with E-state index in [0.29, 0.717) is 16.5 Å². The Hall–Kier alpha value is -2.97. The van der Waals surface area contributed by atoms with Gasteiger partial charge in [-0.3, -0.25) is 4.79 Å². The van der Waals surface area contributed by atoms with Crippen LogP contribution in [0.4, 0.5) is 5.69 Å². The van der Waals surface area contributed by atoms with Crippen LogP contribution in [0.15, 0.2) is 48.2 Å². The van der Waals surface area contributed by atoms with Gasteiger partial charge in [0.2, 0.25) is 0 Å². The van der Waals surface area contributed by atoms with Gasteiger partial charge >= 0.3 is 0 Å². The molecule has 1 unspecified atom stereocenters. The van der Waals surface area contributed by atoms with Gasteiger partial charge in [-0.1, -0.05) is 36.7 Å². The molecule has 0 saturated heterocycles. The number of hydrogen-bond donors (Lipinski definition) is 2. The second kappa shape index (κ2) is 10.2. The summed E-state index contributed by atoms with van der Waals surface area (Å²) in [6.45, 7) is 2.08. The monoisotopic (exact) mass is 423 g/mol. The molecule has 2 aromatic carbocycles. The largest absolute Gasteiger partial charge is 0.495 e. The van der Waals surface area contributed by atoms with Crippen LogP contribution >= 0.6 is 11.6 Å². The average Bonchev–Trinajstić information content (AvgIpc) is 2.76. The highest BCUT2D eigenvalue weighted by Gasteiger charge is 2.16. The molecule has 0 spiro atoms. The van der Waals surface area contributed by atoms with Crippen molar-refractivity contribution < 1.29 is 9.53 Å². The van der Waals surface area contributed by atoms with E-state index < -0.39 is 5.91 Å². The molecule has 6 heteroatoms. The number of nitrogens with zero attached hydrogens (tertiary/aromatic N) is 1. The van der Waals surface area contributed by atoms with Crippen molar-refractivity contribution in [3.63, 3.8) is 0 Å². The first-order valence-corrected chi connectivity index (χ1v) is 10.6. The maximum absolute atomic E-state index is 12.6. The summed E-state index contributed by atoms with van der Waals surface area (Å²) >= 11 is 6.01. The molecule has 3 rings (SSSR count). The fourth-order valence-corrected chi connectivity index (χ4v) is 3.89. The topological polar surface area (TPSA) is 74.2 Å². The molecule has 0 aliphatic heterocycles. The van der Waals surface area contributed by atoms with Crippen molar-refractivity contribution in [3.05, 3.63) is 69.9 Å². The molecule has 1 amide bonds. The summed E-state index contributed by atoms with van der Waals surface area (Å²) in [6.07, 6.45) is 7.06. The van der Waals surface area contributed by atoms with Gasteiger partial charge in [0.15, 0.2) is 0 Å². The maximum atomic E-state index is 12.6. The molecule has 0 radical (unpaired) electrons. The van der Waals surface area contributed by atoms with E-state index in [4.69, 9.17) is 16.3 Å². The Morgan fingerprint density at radius 2 is 2.00 bits per heavy atom. The Labute approximate surface area is 182 Å². The molecule has 30 heavy (non-hydrogen) atoms. The van der Waals surface area contributed by atoms with E-state index in [9.17, 15) is 10.1 Å². The van der Waals surface area contributed by atoms with Crippen LogP contribution in [-0.2, 0) is 17.6 Å². The Morgan fingerprint density at radius 1 is 1.23 bits per heavy atom. The Bertz CT molecular complexity index is 994. The lowest BCUT2D eigenvalue weighted by atomic mass is 9.89. The number of aryl methyl sites for hydroxylation is 2. The van der Waals surface area contributed by atoms with E-state index in [-0.39, 0.29) is 11.6 Å². The van der Waals surface area contributed by atoms with Crippen molar-refractivity contribution in [2.75, 3.05) is 12.4 Å². The van der Waals surface area contributed by atoms with Crippen LogP contribution in [0.3, 0.4) is 0 Å². The van der Waals surface area contributed by atoms with Crippen LogP contribution in [0.1, 0.15) is 48.9 Å². The number of fused-ring (bicyclic) bond motifs is 1. The number of carbonyl (C=O) groups excluding carboxylic acids is 1. The van der Waals surface area contributed by atoms with Gasteiger partial charge in [-0.05, 0) is 67.0 Å². The summed E-state index contributed by atoms with van der Waals surface area (Å²) in [5.41, 5.74) is 4.41. The molecule has 0 bridgehead atoms. The Balaban J connectivity index is 1.74. The van der Waals surface area contributed by atoms with E-state index in [1.807, 2.05) is 6.07 Å². The summed E-state index contributed by atoms with van der Waals surface area (Å²) in [4.78, 5) is 12.6. The van der Waals surface area contributed by atoms with Gasteiger partial charge in [0.25, 0.3) is 5.91 Å². The predicted molar refractivity (Wildman–Crippen MR) is 120 cm³/mol. The Kier molecular flexibility index (Phi) is 7.37. The summed E-state index contributed by atoms with van der Waals surface area (Å²) in [6, 6.07) is 13.5. The minimum absolute atomic E-state index is 0.0200.